The zero-order chi connectivity index (χ0) is 18.4. The molecular weight excluding hydrogens is 394 g/mol. The van der Waals surface area contributed by atoms with Gasteiger partial charge in [0.1, 0.15) is 0 Å². The monoisotopic (exact) mass is 407 g/mol. The Morgan fingerprint density at radius 1 is 1.12 bits per heavy atom. The molecule has 25 heavy (non-hydrogen) atoms. The molecule has 0 aliphatic carbocycles. The van der Waals surface area contributed by atoms with E-state index in [1.54, 1.807) is 18.2 Å². The van der Waals surface area contributed by atoms with Crippen molar-refractivity contribution in [3.63, 3.8) is 0 Å². The lowest BCUT2D eigenvalue weighted by atomic mass is 10.1. The fraction of sp³-hybridized carbons (Fsp3) is 0.235. The number of halogens is 5. The molecule has 0 aliphatic heterocycles. The minimum absolute atomic E-state index is 0.0466. The number of benzene rings is 2. The van der Waals surface area contributed by atoms with Crippen molar-refractivity contribution in [1.82, 2.24) is 5.32 Å². The number of hydrogen-bond acceptors (Lipinski definition) is 2. The van der Waals surface area contributed by atoms with Crippen LogP contribution in [0.2, 0.25) is 10.0 Å². The summed E-state index contributed by atoms with van der Waals surface area (Å²) in [6, 6.07) is 10.0. The van der Waals surface area contributed by atoms with E-state index in [1.165, 1.54) is 23.9 Å². The first-order valence-electron chi connectivity index (χ1n) is 7.20. The standard InChI is InChI=1S/C17H14Cl2F3NOS/c18-14-5-4-12(15(19)7-14)9-25-10-16(24)23-8-11-2-1-3-13(6-11)17(20,21)22/h1-7H,8-10H2,(H,23,24). The van der Waals surface area contributed by atoms with Gasteiger partial charge in [0.25, 0.3) is 0 Å². The van der Waals surface area contributed by atoms with E-state index >= 15 is 0 Å². The Morgan fingerprint density at radius 3 is 2.56 bits per heavy atom. The van der Waals surface area contributed by atoms with Crippen molar-refractivity contribution < 1.29 is 18.0 Å². The summed E-state index contributed by atoms with van der Waals surface area (Å²) in [4.78, 5) is 11.8. The molecule has 2 aromatic carbocycles. The van der Waals surface area contributed by atoms with Crippen LogP contribution in [0.5, 0.6) is 0 Å². The van der Waals surface area contributed by atoms with Crippen LogP contribution in [0.25, 0.3) is 0 Å². The fourth-order valence-electron chi connectivity index (χ4n) is 2.00. The second-order valence-electron chi connectivity index (χ2n) is 5.20. The van der Waals surface area contributed by atoms with Crippen molar-refractivity contribution in [3.05, 3.63) is 69.2 Å². The Labute approximate surface area is 157 Å². The average Bonchev–Trinajstić information content (AvgIpc) is 2.54. The van der Waals surface area contributed by atoms with Crippen LogP contribution in [0.1, 0.15) is 16.7 Å². The summed E-state index contributed by atoms with van der Waals surface area (Å²) in [5.74, 6) is 0.456. The predicted molar refractivity (Wildman–Crippen MR) is 95.9 cm³/mol. The highest BCUT2D eigenvalue weighted by Crippen LogP contribution is 2.29. The molecule has 0 atom stereocenters. The van der Waals surface area contributed by atoms with Gasteiger partial charge in [0.2, 0.25) is 5.91 Å². The maximum Gasteiger partial charge on any atom is 0.416 e. The Hall–Kier alpha value is -1.37. The Kier molecular flexibility index (Phi) is 7.04. The van der Waals surface area contributed by atoms with Crippen LogP contribution in [0.4, 0.5) is 13.2 Å². The van der Waals surface area contributed by atoms with Gasteiger partial charge in [-0.1, -0.05) is 41.4 Å². The SMILES string of the molecule is O=C(CSCc1ccc(Cl)cc1Cl)NCc1cccc(C(F)(F)F)c1. The molecule has 0 bridgehead atoms. The summed E-state index contributed by atoms with van der Waals surface area (Å²) in [7, 11) is 0. The predicted octanol–water partition coefficient (Wildman–Crippen LogP) is 5.56. The first-order valence-corrected chi connectivity index (χ1v) is 9.11. The lowest BCUT2D eigenvalue weighted by Crippen LogP contribution is -2.24. The van der Waals surface area contributed by atoms with Crippen LogP contribution < -0.4 is 5.32 Å². The number of amides is 1. The minimum Gasteiger partial charge on any atom is -0.351 e. The molecular formula is C17H14Cl2F3NOS. The minimum atomic E-state index is -4.40. The maximum absolute atomic E-state index is 12.6. The first-order chi connectivity index (χ1) is 11.8. The van der Waals surface area contributed by atoms with Gasteiger partial charge in [0.15, 0.2) is 0 Å². The molecule has 0 spiro atoms. The van der Waals surface area contributed by atoms with Gasteiger partial charge in [-0.25, -0.2) is 0 Å². The van der Waals surface area contributed by atoms with Crippen LogP contribution in [-0.2, 0) is 23.3 Å². The summed E-state index contributed by atoms with van der Waals surface area (Å²) in [5.41, 5.74) is 0.529. The van der Waals surface area contributed by atoms with Crippen molar-refractivity contribution >= 4 is 40.9 Å². The van der Waals surface area contributed by atoms with E-state index in [9.17, 15) is 18.0 Å². The third kappa shape index (κ3) is 6.45. The molecule has 2 rings (SSSR count). The highest BCUT2D eigenvalue weighted by atomic mass is 35.5. The molecule has 0 saturated carbocycles. The summed E-state index contributed by atoms with van der Waals surface area (Å²) < 4.78 is 37.9. The smallest absolute Gasteiger partial charge is 0.351 e. The molecule has 1 amide bonds. The second kappa shape index (κ2) is 8.83. The quantitative estimate of drug-likeness (QED) is 0.678. The topological polar surface area (TPSA) is 29.1 Å². The third-order valence-corrected chi connectivity index (χ3v) is 4.82. The summed E-state index contributed by atoms with van der Waals surface area (Å²) in [6.07, 6.45) is -4.40. The van der Waals surface area contributed by atoms with Gasteiger partial charge in [0.05, 0.1) is 11.3 Å². The largest absolute Gasteiger partial charge is 0.416 e. The van der Waals surface area contributed by atoms with Crippen molar-refractivity contribution in [2.24, 2.45) is 0 Å². The van der Waals surface area contributed by atoms with Crippen molar-refractivity contribution in [3.8, 4) is 0 Å². The average molecular weight is 408 g/mol. The van der Waals surface area contributed by atoms with Crippen LogP contribution >= 0.6 is 35.0 Å². The molecule has 0 unspecified atom stereocenters. The maximum atomic E-state index is 12.6. The number of rotatable bonds is 6. The third-order valence-electron chi connectivity index (χ3n) is 3.25. The van der Waals surface area contributed by atoms with Gasteiger partial charge in [-0.05, 0) is 35.4 Å². The molecule has 134 valence electrons. The van der Waals surface area contributed by atoms with E-state index in [2.05, 4.69) is 5.32 Å². The van der Waals surface area contributed by atoms with E-state index in [0.29, 0.717) is 21.4 Å². The molecule has 2 nitrogen and oxygen atoms in total. The Morgan fingerprint density at radius 2 is 1.88 bits per heavy atom. The molecule has 0 aromatic heterocycles. The summed E-state index contributed by atoms with van der Waals surface area (Å²) in [5, 5.41) is 3.68. The normalized spacial score (nSPS) is 11.4. The Bertz CT molecular complexity index is 753. The van der Waals surface area contributed by atoms with Crippen molar-refractivity contribution in [2.45, 2.75) is 18.5 Å². The van der Waals surface area contributed by atoms with Crippen molar-refractivity contribution in [2.75, 3.05) is 5.75 Å². The molecule has 0 aliphatic rings. The van der Waals surface area contributed by atoms with Gasteiger partial charge >= 0.3 is 6.18 Å². The second-order valence-corrected chi connectivity index (χ2v) is 7.03. The number of carbonyl (C=O) groups is 1. The highest BCUT2D eigenvalue weighted by molar-refractivity contribution is 7.99. The summed E-state index contributed by atoms with van der Waals surface area (Å²) in [6.45, 7) is 0.0466. The van der Waals surface area contributed by atoms with Gasteiger partial charge in [-0.15, -0.1) is 11.8 Å². The van der Waals surface area contributed by atoms with Gasteiger partial charge in [-0.2, -0.15) is 13.2 Å². The summed E-state index contributed by atoms with van der Waals surface area (Å²) >= 11 is 13.2. The van der Waals surface area contributed by atoms with Crippen LogP contribution in [0.3, 0.4) is 0 Å². The van der Waals surface area contributed by atoms with E-state index in [0.717, 1.165) is 17.7 Å². The molecule has 0 saturated heterocycles. The zero-order valence-electron chi connectivity index (χ0n) is 12.9. The van der Waals surface area contributed by atoms with Gasteiger partial charge in [-0.3, -0.25) is 4.79 Å². The lowest BCUT2D eigenvalue weighted by molar-refractivity contribution is -0.137. The first kappa shape index (κ1) is 19.9. The van der Waals surface area contributed by atoms with Crippen LogP contribution in [0.15, 0.2) is 42.5 Å². The lowest BCUT2D eigenvalue weighted by Gasteiger charge is -2.10. The number of alkyl halides is 3. The molecule has 0 heterocycles. The van der Waals surface area contributed by atoms with E-state index in [-0.39, 0.29) is 18.2 Å². The van der Waals surface area contributed by atoms with E-state index in [1.807, 2.05) is 0 Å². The van der Waals surface area contributed by atoms with Crippen molar-refractivity contribution in [1.29, 1.82) is 0 Å². The molecule has 2 aromatic rings. The highest BCUT2D eigenvalue weighted by Gasteiger charge is 2.30. The van der Waals surface area contributed by atoms with E-state index in [4.69, 9.17) is 23.2 Å². The molecule has 0 fully saturated rings. The molecule has 8 heteroatoms. The molecule has 0 radical (unpaired) electrons. The van der Waals surface area contributed by atoms with Gasteiger partial charge < -0.3 is 5.32 Å². The number of hydrogen-bond donors (Lipinski definition) is 1. The zero-order valence-corrected chi connectivity index (χ0v) is 15.2. The number of nitrogens with one attached hydrogen (secondary N) is 1. The fourth-order valence-corrected chi connectivity index (χ4v) is 3.42. The van der Waals surface area contributed by atoms with Crippen LogP contribution in [0, 0.1) is 0 Å². The van der Waals surface area contributed by atoms with Gasteiger partial charge in [0, 0.05) is 22.3 Å². The van der Waals surface area contributed by atoms with E-state index < -0.39 is 11.7 Å². The molecule has 1 N–H and O–H groups in total. The Balaban J connectivity index is 1.79. The number of carbonyl (C=O) groups excluding carboxylic acids is 1. The number of thioether (sulfide) groups is 1. The van der Waals surface area contributed by atoms with Crippen LogP contribution in [-0.4, -0.2) is 11.7 Å².